The Kier molecular flexibility index (Phi) is 8.23. The molecule has 1 N–H and O–H groups in total. The topological polar surface area (TPSA) is 119 Å². The van der Waals surface area contributed by atoms with E-state index >= 15 is 0 Å². The molecular formula is C31H23BrN2O7S. The van der Waals surface area contributed by atoms with Gasteiger partial charge in [0.15, 0.2) is 0 Å². The summed E-state index contributed by atoms with van der Waals surface area (Å²) >= 11 is 3.32. The minimum Gasteiger partial charge on any atom is -0.489 e. The molecule has 11 heteroatoms. The molecule has 1 saturated heterocycles. The summed E-state index contributed by atoms with van der Waals surface area (Å²) in [6.07, 6.45) is 1.18. The molecule has 4 aromatic rings. The Morgan fingerprint density at radius 3 is 2.26 bits per heavy atom. The molecule has 1 aliphatic heterocycles. The smallest absolute Gasteiger partial charge is 0.339 e. The lowest BCUT2D eigenvalue weighted by Gasteiger charge is -2.26. The molecule has 0 bridgehead atoms. The number of anilines is 1. The van der Waals surface area contributed by atoms with Crippen LogP contribution in [-0.4, -0.2) is 26.3 Å². The predicted octanol–water partition coefficient (Wildman–Crippen LogP) is 5.77. The Morgan fingerprint density at radius 2 is 1.57 bits per heavy atom. The highest BCUT2D eigenvalue weighted by molar-refractivity contribution is 9.10. The van der Waals surface area contributed by atoms with E-state index in [9.17, 15) is 22.8 Å². The third kappa shape index (κ3) is 6.42. The van der Waals surface area contributed by atoms with Gasteiger partial charge in [-0.05, 0) is 73.2 Å². The highest BCUT2D eigenvalue weighted by atomic mass is 79.9. The largest absolute Gasteiger partial charge is 0.489 e. The number of halogens is 1. The van der Waals surface area contributed by atoms with E-state index in [4.69, 9.17) is 8.92 Å². The SMILES string of the molecule is Cc1ccc(S(=O)(=O)Oc2ccc(Br)cc2/C=C2\C(=O)NC(=O)N(c3ccc(OCc4ccccc4)cc3)C2=O)cc1. The molecule has 0 aromatic heterocycles. The van der Waals surface area contributed by atoms with Crippen LogP contribution in [0.5, 0.6) is 11.5 Å². The van der Waals surface area contributed by atoms with Crippen LogP contribution in [0.3, 0.4) is 0 Å². The number of imide groups is 2. The Morgan fingerprint density at radius 1 is 0.881 bits per heavy atom. The fraction of sp³-hybridized carbons (Fsp3) is 0.0645. The number of carbonyl (C=O) groups excluding carboxylic acids is 3. The molecule has 4 aromatic carbocycles. The standard InChI is InChI=1S/C31H23BrN2O7S/c1-20-7-14-26(15-8-20)42(38,39)41-28-16-9-23(32)17-22(28)18-27-29(35)33-31(37)34(30(27)36)24-10-12-25(13-11-24)40-19-21-5-3-2-4-6-21/h2-18H,19H2,1H3,(H,33,35,37)/b27-18+. The minimum atomic E-state index is -4.23. The minimum absolute atomic E-state index is 0.0610. The van der Waals surface area contributed by atoms with E-state index in [1.54, 1.807) is 30.3 Å². The third-order valence-corrected chi connectivity index (χ3v) is 7.97. The second-order valence-corrected chi connectivity index (χ2v) is 11.7. The number of nitrogens with zero attached hydrogens (tertiary/aromatic N) is 1. The Labute approximate surface area is 250 Å². The average molecular weight is 648 g/mol. The molecule has 0 spiro atoms. The molecule has 9 nitrogen and oxygen atoms in total. The van der Waals surface area contributed by atoms with Crippen LogP contribution < -0.4 is 19.1 Å². The van der Waals surface area contributed by atoms with Gasteiger partial charge in [0.25, 0.3) is 11.8 Å². The van der Waals surface area contributed by atoms with Gasteiger partial charge in [0.2, 0.25) is 0 Å². The average Bonchev–Trinajstić information content (AvgIpc) is 2.97. The lowest BCUT2D eigenvalue weighted by atomic mass is 10.1. The first-order valence-corrected chi connectivity index (χ1v) is 14.8. The molecule has 0 radical (unpaired) electrons. The Hall–Kier alpha value is -4.74. The van der Waals surface area contributed by atoms with Crippen molar-refractivity contribution >= 4 is 55.7 Å². The molecule has 1 fully saturated rings. The van der Waals surface area contributed by atoms with Gasteiger partial charge in [-0.3, -0.25) is 14.9 Å². The van der Waals surface area contributed by atoms with Crippen molar-refractivity contribution in [3.8, 4) is 11.5 Å². The van der Waals surface area contributed by atoms with Crippen LogP contribution in [0.25, 0.3) is 6.08 Å². The molecule has 1 aliphatic rings. The molecule has 1 heterocycles. The summed E-state index contributed by atoms with van der Waals surface area (Å²) < 4.78 is 37.6. The van der Waals surface area contributed by atoms with E-state index in [0.29, 0.717) is 16.8 Å². The van der Waals surface area contributed by atoms with Crippen molar-refractivity contribution in [2.75, 3.05) is 4.90 Å². The molecular weight excluding hydrogens is 624 g/mol. The number of hydrogen-bond acceptors (Lipinski definition) is 7. The molecule has 212 valence electrons. The van der Waals surface area contributed by atoms with Crippen LogP contribution in [0, 0.1) is 6.92 Å². The van der Waals surface area contributed by atoms with E-state index in [0.717, 1.165) is 16.0 Å². The van der Waals surface area contributed by atoms with Gasteiger partial charge >= 0.3 is 16.1 Å². The summed E-state index contributed by atoms with van der Waals surface area (Å²) in [6, 6.07) is 25.5. The number of hydrogen-bond donors (Lipinski definition) is 1. The molecule has 0 unspecified atom stereocenters. The van der Waals surface area contributed by atoms with Crippen LogP contribution in [0.4, 0.5) is 10.5 Å². The van der Waals surface area contributed by atoms with E-state index in [2.05, 4.69) is 21.2 Å². The zero-order valence-electron chi connectivity index (χ0n) is 22.1. The Balaban J connectivity index is 1.41. The number of nitrogens with one attached hydrogen (secondary N) is 1. The van der Waals surface area contributed by atoms with Gasteiger partial charge in [0, 0.05) is 10.0 Å². The van der Waals surface area contributed by atoms with Crippen LogP contribution in [0.15, 0.2) is 112 Å². The number of rotatable bonds is 8. The van der Waals surface area contributed by atoms with E-state index < -0.39 is 33.5 Å². The molecule has 0 atom stereocenters. The zero-order chi connectivity index (χ0) is 29.9. The van der Waals surface area contributed by atoms with Crippen molar-refractivity contribution in [1.29, 1.82) is 0 Å². The van der Waals surface area contributed by atoms with Gasteiger partial charge in [-0.25, -0.2) is 9.69 Å². The number of carbonyl (C=O) groups is 3. The molecule has 0 aliphatic carbocycles. The number of ether oxygens (including phenoxy) is 1. The molecule has 5 rings (SSSR count). The van der Waals surface area contributed by atoms with Gasteiger partial charge in [0.1, 0.15) is 28.6 Å². The number of urea groups is 1. The maximum atomic E-state index is 13.5. The van der Waals surface area contributed by atoms with E-state index in [1.165, 1.54) is 42.5 Å². The summed E-state index contributed by atoms with van der Waals surface area (Å²) in [7, 11) is -4.23. The third-order valence-electron chi connectivity index (χ3n) is 6.23. The summed E-state index contributed by atoms with van der Waals surface area (Å²) in [5.41, 5.74) is 1.78. The van der Waals surface area contributed by atoms with Crippen LogP contribution >= 0.6 is 15.9 Å². The van der Waals surface area contributed by atoms with Gasteiger partial charge in [-0.2, -0.15) is 8.42 Å². The number of amides is 4. The number of aryl methyl sites for hydroxylation is 1. The predicted molar refractivity (Wildman–Crippen MR) is 159 cm³/mol. The van der Waals surface area contributed by atoms with Gasteiger partial charge in [0.05, 0.1) is 5.69 Å². The second kappa shape index (κ2) is 12.0. The van der Waals surface area contributed by atoms with Gasteiger partial charge in [-0.15, -0.1) is 0 Å². The fourth-order valence-corrected chi connectivity index (χ4v) is 5.39. The first kappa shape index (κ1) is 28.8. The normalized spacial score (nSPS) is 14.6. The summed E-state index contributed by atoms with van der Waals surface area (Å²) in [5.74, 6) is -1.43. The van der Waals surface area contributed by atoms with Crippen molar-refractivity contribution < 1.29 is 31.7 Å². The lowest BCUT2D eigenvalue weighted by Crippen LogP contribution is -2.54. The van der Waals surface area contributed by atoms with E-state index in [1.807, 2.05) is 37.3 Å². The molecule has 4 amide bonds. The van der Waals surface area contributed by atoms with Crippen LogP contribution in [0.2, 0.25) is 0 Å². The van der Waals surface area contributed by atoms with E-state index in [-0.39, 0.29) is 21.9 Å². The molecule has 42 heavy (non-hydrogen) atoms. The summed E-state index contributed by atoms with van der Waals surface area (Å²) in [6.45, 7) is 2.16. The first-order chi connectivity index (χ1) is 20.1. The van der Waals surface area contributed by atoms with Gasteiger partial charge < -0.3 is 8.92 Å². The highest BCUT2D eigenvalue weighted by Gasteiger charge is 2.37. The lowest BCUT2D eigenvalue weighted by molar-refractivity contribution is -0.122. The van der Waals surface area contributed by atoms with Crippen molar-refractivity contribution in [1.82, 2.24) is 5.32 Å². The monoisotopic (exact) mass is 646 g/mol. The number of barbiturate groups is 1. The van der Waals surface area contributed by atoms with Crippen molar-refractivity contribution in [2.24, 2.45) is 0 Å². The Bertz CT molecular complexity index is 1800. The quantitative estimate of drug-likeness (QED) is 0.147. The van der Waals surface area contributed by atoms with Crippen molar-refractivity contribution in [3.05, 3.63) is 124 Å². The first-order valence-electron chi connectivity index (χ1n) is 12.6. The molecule has 0 saturated carbocycles. The van der Waals surface area contributed by atoms with Crippen LogP contribution in [0.1, 0.15) is 16.7 Å². The fourth-order valence-electron chi connectivity index (χ4n) is 4.06. The van der Waals surface area contributed by atoms with Crippen molar-refractivity contribution in [3.63, 3.8) is 0 Å². The summed E-state index contributed by atoms with van der Waals surface area (Å²) in [4.78, 5) is 39.7. The van der Waals surface area contributed by atoms with Crippen LogP contribution in [-0.2, 0) is 26.3 Å². The maximum absolute atomic E-state index is 13.5. The zero-order valence-corrected chi connectivity index (χ0v) is 24.5. The second-order valence-electron chi connectivity index (χ2n) is 9.26. The maximum Gasteiger partial charge on any atom is 0.339 e. The highest BCUT2D eigenvalue weighted by Crippen LogP contribution is 2.31. The van der Waals surface area contributed by atoms with Crippen molar-refractivity contribution in [2.45, 2.75) is 18.4 Å². The number of benzene rings is 4. The van der Waals surface area contributed by atoms with Gasteiger partial charge in [-0.1, -0.05) is 64.0 Å². The summed E-state index contributed by atoms with van der Waals surface area (Å²) in [5, 5.41) is 2.16.